The molecule has 0 radical (unpaired) electrons. The van der Waals surface area contributed by atoms with Gasteiger partial charge in [-0.3, -0.25) is 0 Å². The topological polar surface area (TPSA) is 21.3 Å². The van der Waals surface area contributed by atoms with E-state index >= 15 is 0 Å². The average Bonchev–Trinajstić information content (AvgIpc) is 2.64. The fourth-order valence-corrected chi connectivity index (χ4v) is 2.28. The van der Waals surface area contributed by atoms with Crippen molar-refractivity contribution in [1.82, 2.24) is 5.32 Å². The third-order valence-corrected chi connectivity index (χ3v) is 3.72. The third kappa shape index (κ3) is 4.06. The molecular formula is C14H29NO. The van der Waals surface area contributed by atoms with Gasteiger partial charge in [0.2, 0.25) is 0 Å². The van der Waals surface area contributed by atoms with Crippen molar-refractivity contribution in [1.29, 1.82) is 0 Å². The zero-order valence-corrected chi connectivity index (χ0v) is 11.7. The number of hydrogen-bond donors (Lipinski definition) is 1. The molecule has 0 aliphatic heterocycles. The first-order chi connectivity index (χ1) is 7.45. The predicted molar refractivity (Wildman–Crippen MR) is 69.7 cm³/mol. The van der Waals surface area contributed by atoms with Gasteiger partial charge in [0, 0.05) is 12.6 Å². The van der Waals surface area contributed by atoms with Gasteiger partial charge in [-0.2, -0.15) is 0 Å². The summed E-state index contributed by atoms with van der Waals surface area (Å²) >= 11 is 0. The van der Waals surface area contributed by atoms with Crippen LogP contribution in [0.2, 0.25) is 0 Å². The van der Waals surface area contributed by atoms with Crippen LogP contribution in [0.4, 0.5) is 0 Å². The van der Waals surface area contributed by atoms with Gasteiger partial charge in [-0.1, -0.05) is 40.5 Å². The van der Waals surface area contributed by atoms with Gasteiger partial charge < -0.3 is 10.1 Å². The third-order valence-electron chi connectivity index (χ3n) is 3.72. The van der Waals surface area contributed by atoms with Gasteiger partial charge in [0.25, 0.3) is 0 Å². The Balaban J connectivity index is 2.51. The lowest BCUT2D eigenvalue weighted by Gasteiger charge is -2.35. The number of ether oxygens (including phenoxy) is 1. The summed E-state index contributed by atoms with van der Waals surface area (Å²) in [5, 5.41) is 3.55. The van der Waals surface area contributed by atoms with Crippen molar-refractivity contribution in [2.24, 2.45) is 5.92 Å². The van der Waals surface area contributed by atoms with Crippen LogP contribution in [0.25, 0.3) is 0 Å². The number of hydrogen-bond acceptors (Lipinski definition) is 2. The quantitative estimate of drug-likeness (QED) is 0.751. The first-order valence-corrected chi connectivity index (χ1v) is 6.86. The van der Waals surface area contributed by atoms with Gasteiger partial charge >= 0.3 is 0 Å². The monoisotopic (exact) mass is 227 g/mol. The van der Waals surface area contributed by atoms with Crippen molar-refractivity contribution in [2.75, 3.05) is 6.54 Å². The molecule has 1 aliphatic carbocycles. The molecule has 0 saturated heterocycles. The number of nitrogens with one attached hydrogen (secondary N) is 1. The van der Waals surface area contributed by atoms with Crippen LogP contribution < -0.4 is 5.32 Å². The maximum absolute atomic E-state index is 6.35. The number of rotatable bonds is 6. The molecule has 0 bridgehead atoms. The normalized spacial score (nSPS) is 21.9. The molecule has 0 heterocycles. The van der Waals surface area contributed by atoms with E-state index in [0.717, 1.165) is 6.54 Å². The molecule has 1 unspecified atom stereocenters. The zero-order chi connectivity index (χ0) is 12.2. The Kier molecular flexibility index (Phi) is 5.26. The molecule has 16 heavy (non-hydrogen) atoms. The highest BCUT2D eigenvalue weighted by molar-refractivity contribution is 4.90. The van der Waals surface area contributed by atoms with Crippen LogP contribution in [0.15, 0.2) is 0 Å². The molecule has 1 atom stereocenters. The highest BCUT2D eigenvalue weighted by atomic mass is 16.5. The van der Waals surface area contributed by atoms with Crippen molar-refractivity contribution in [2.45, 2.75) is 78.0 Å². The van der Waals surface area contributed by atoms with Gasteiger partial charge in [-0.25, -0.2) is 0 Å². The highest BCUT2D eigenvalue weighted by Gasteiger charge is 2.36. The smallest absolute Gasteiger partial charge is 0.0810 e. The Hall–Kier alpha value is -0.0800. The van der Waals surface area contributed by atoms with Gasteiger partial charge in [0.05, 0.1) is 11.7 Å². The van der Waals surface area contributed by atoms with Gasteiger partial charge in [-0.05, 0) is 25.7 Å². The fourth-order valence-electron chi connectivity index (χ4n) is 2.28. The van der Waals surface area contributed by atoms with E-state index in [1.165, 1.54) is 25.7 Å². The van der Waals surface area contributed by atoms with E-state index in [4.69, 9.17) is 4.74 Å². The molecule has 1 fully saturated rings. The van der Waals surface area contributed by atoms with Crippen molar-refractivity contribution >= 4 is 0 Å². The lowest BCUT2D eigenvalue weighted by atomic mass is 9.99. The molecule has 2 nitrogen and oxygen atoms in total. The molecule has 0 aromatic carbocycles. The average molecular weight is 227 g/mol. The lowest BCUT2D eigenvalue weighted by molar-refractivity contribution is -0.0980. The fraction of sp³-hybridized carbons (Fsp3) is 1.00. The summed E-state index contributed by atoms with van der Waals surface area (Å²) in [4.78, 5) is 0. The van der Waals surface area contributed by atoms with Crippen LogP contribution >= 0.6 is 0 Å². The molecule has 1 rings (SSSR count). The van der Waals surface area contributed by atoms with E-state index in [-0.39, 0.29) is 5.60 Å². The molecule has 1 saturated carbocycles. The minimum absolute atomic E-state index is 0.119. The standard InChI is InChI=1S/C14H29NO/c1-11(2)13(5)16-14(8-6-7-9-14)10-15-12(3)4/h11-13,15H,6-10H2,1-5H3. The highest BCUT2D eigenvalue weighted by Crippen LogP contribution is 2.34. The van der Waals surface area contributed by atoms with E-state index in [9.17, 15) is 0 Å². The van der Waals surface area contributed by atoms with Crippen molar-refractivity contribution in [3.8, 4) is 0 Å². The first kappa shape index (κ1) is 14.0. The molecule has 0 aromatic heterocycles. The van der Waals surface area contributed by atoms with Crippen LogP contribution in [-0.4, -0.2) is 24.3 Å². The second-order valence-corrected chi connectivity index (χ2v) is 5.99. The van der Waals surface area contributed by atoms with Crippen molar-refractivity contribution in [3.63, 3.8) is 0 Å². The Morgan fingerprint density at radius 1 is 1.06 bits per heavy atom. The lowest BCUT2D eigenvalue weighted by Crippen LogP contribution is -2.45. The summed E-state index contributed by atoms with van der Waals surface area (Å²) in [6, 6.07) is 0.551. The summed E-state index contributed by atoms with van der Waals surface area (Å²) in [5.74, 6) is 0.608. The van der Waals surface area contributed by atoms with Crippen molar-refractivity contribution < 1.29 is 4.74 Å². The van der Waals surface area contributed by atoms with Crippen LogP contribution in [0, 0.1) is 5.92 Å². The van der Waals surface area contributed by atoms with Gasteiger partial charge in [0.1, 0.15) is 0 Å². The van der Waals surface area contributed by atoms with Gasteiger partial charge in [-0.15, -0.1) is 0 Å². The maximum Gasteiger partial charge on any atom is 0.0810 e. The van der Waals surface area contributed by atoms with E-state index in [0.29, 0.717) is 18.1 Å². The summed E-state index contributed by atoms with van der Waals surface area (Å²) in [5.41, 5.74) is 0.119. The SMILES string of the molecule is CC(C)NCC1(OC(C)C(C)C)CCCC1. The van der Waals surface area contributed by atoms with Crippen molar-refractivity contribution in [3.05, 3.63) is 0 Å². The van der Waals surface area contributed by atoms with E-state index in [2.05, 4.69) is 39.9 Å². The minimum atomic E-state index is 0.119. The summed E-state index contributed by atoms with van der Waals surface area (Å²) in [7, 11) is 0. The summed E-state index contributed by atoms with van der Waals surface area (Å²) < 4.78 is 6.35. The molecule has 0 spiro atoms. The van der Waals surface area contributed by atoms with Crippen LogP contribution in [0.1, 0.15) is 60.3 Å². The van der Waals surface area contributed by atoms with Gasteiger partial charge in [0.15, 0.2) is 0 Å². The Labute approximate surface area is 101 Å². The summed E-state index contributed by atoms with van der Waals surface area (Å²) in [6.45, 7) is 12.1. The minimum Gasteiger partial charge on any atom is -0.370 e. The van der Waals surface area contributed by atoms with E-state index in [1.54, 1.807) is 0 Å². The second-order valence-electron chi connectivity index (χ2n) is 5.99. The van der Waals surface area contributed by atoms with Crippen LogP contribution in [-0.2, 0) is 4.74 Å². The first-order valence-electron chi connectivity index (χ1n) is 6.86. The molecular weight excluding hydrogens is 198 g/mol. The largest absolute Gasteiger partial charge is 0.370 e. The molecule has 96 valence electrons. The van der Waals surface area contributed by atoms with E-state index in [1.807, 2.05) is 0 Å². The molecule has 0 amide bonds. The second kappa shape index (κ2) is 6.02. The molecule has 0 aromatic rings. The molecule has 2 heteroatoms. The predicted octanol–water partition coefficient (Wildman–Crippen LogP) is 3.36. The van der Waals surface area contributed by atoms with Crippen LogP contribution in [0.3, 0.4) is 0 Å². The Morgan fingerprint density at radius 3 is 2.06 bits per heavy atom. The Morgan fingerprint density at radius 2 is 1.62 bits per heavy atom. The summed E-state index contributed by atoms with van der Waals surface area (Å²) in [6.07, 6.45) is 5.47. The van der Waals surface area contributed by atoms with Crippen LogP contribution in [0.5, 0.6) is 0 Å². The molecule has 1 N–H and O–H groups in total. The Bertz CT molecular complexity index is 195. The van der Waals surface area contributed by atoms with E-state index < -0.39 is 0 Å². The zero-order valence-electron chi connectivity index (χ0n) is 11.7. The molecule has 1 aliphatic rings. The maximum atomic E-state index is 6.35.